The fraction of sp³-hybridized carbons (Fsp3) is 0.300. The van der Waals surface area contributed by atoms with Gasteiger partial charge in [0.15, 0.2) is 0 Å². The van der Waals surface area contributed by atoms with E-state index in [1.165, 1.54) is 12.1 Å². The summed E-state index contributed by atoms with van der Waals surface area (Å²) in [5, 5.41) is 0. The van der Waals surface area contributed by atoms with Crippen LogP contribution in [0, 0.1) is 27.7 Å². The van der Waals surface area contributed by atoms with Crippen LogP contribution in [0.15, 0.2) is 33.9 Å². The predicted octanol–water partition coefficient (Wildman–Crippen LogP) is 2.27. The van der Waals surface area contributed by atoms with Crippen molar-refractivity contribution < 1.29 is 0 Å². The van der Waals surface area contributed by atoms with Crippen molar-refractivity contribution in [3.63, 3.8) is 0 Å². The molecule has 2 N–H and O–H groups in total. The van der Waals surface area contributed by atoms with Gasteiger partial charge in [0.1, 0.15) is 11.6 Å². The van der Waals surface area contributed by atoms with E-state index >= 15 is 0 Å². The highest BCUT2D eigenvalue weighted by Crippen LogP contribution is 2.20. The van der Waals surface area contributed by atoms with Crippen LogP contribution in [0.4, 0.5) is 0 Å². The summed E-state index contributed by atoms with van der Waals surface area (Å²) in [6.07, 6.45) is 1.15. The highest BCUT2D eigenvalue weighted by molar-refractivity contribution is 5.39. The van der Waals surface area contributed by atoms with Gasteiger partial charge in [-0.2, -0.15) is 0 Å². The lowest BCUT2D eigenvalue weighted by molar-refractivity contribution is 0.901. The topological polar surface area (TPSA) is 91.5 Å². The third-order valence-electron chi connectivity index (χ3n) is 4.35. The number of hydrogen-bond donors (Lipinski definition) is 2. The fourth-order valence-electron chi connectivity index (χ4n) is 3.13. The molecule has 0 saturated carbocycles. The van der Waals surface area contributed by atoms with Crippen molar-refractivity contribution in [1.82, 2.24) is 19.9 Å². The van der Waals surface area contributed by atoms with Crippen molar-refractivity contribution in [3.05, 3.63) is 90.3 Å². The first-order valence-corrected chi connectivity index (χ1v) is 8.53. The van der Waals surface area contributed by atoms with E-state index in [2.05, 4.69) is 32.1 Å². The number of aryl methyl sites for hydroxylation is 4. The molecule has 0 radical (unpaired) electrons. The Morgan fingerprint density at radius 2 is 1.08 bits per heavy atom. The van der Waals surface area contributed by atoms with E-state index in [-0.39, 0.29) is 11.1 Å². The lowest BCUT2D eigenvalue weighted by atomic mass is 9.96. The van der Waals surface area contributed by atoms with Gasteiger partial charge in [0.05, 0.1) is 0 Å². The van der Waals surface area contributed by atoms with Gasteiger partial charge in [-0.3, -0.25) is 9.59 Å². The third kappa shape index (κ3) is 4.14. The summed E-state index contributed by atoms with van der Waals surface area (Å²) in [5.41, 5.74) is 5.63. The van der Waals surface area contributed by atoms with Crippen molar-refractivity contribution in [3.8, 4) is 0 Å². The standard InChI is InChI=1S/C20H22N4O2/c1-11-5-16(10-18-22-14(4)8-20(26)24-18)12(2)6-15(11)9-17-21-13(3)7-19(25)23-17/h5-8H,9-10H2,1-4H3,(H,21,23,25)(H,22,24,26). The maximum Gasteiger partial charge on any atom is 0.251 e. The first-order valence-electron chi connectivity index (χ1n) is 8.53. The first-order chi connectivity index (χ1) is 12.3. The van der Waals surface area contributed by atoms with Crippen LogP contribution in [0.3, 0.4) is 0 Å². The summed E-state index contributed by atoms with van der Waals surface area (Å²) in [7, 11) is 0. The molecule has 0 aliphatic heterocycles. The van der Waals surface area contributed by atoms with Crippen LogP contribution in [0.1, 0.15) is 45.3 Å². The molecular formula is C20H22N4O2. The lowest BCUT2D eigenvalue weighted by Gasteiger charge is -2.12. The SMILES string of the molecule is Cc1cc(=O)[nH]c(Cc2cc(C)c(Cc3nc(C)cc(=O)[nH]3)cc2C)n1. The van der Waals surface area contributed by atoms with E-state index in [1.807, 2.05) is 27.7 Å². The molecule has 6 heteroatoms. The minimum atomic E-state index is -0.132. The van der Waals surface area contributed by atoms with Gasteiger partial charge in [0, 0.05) is 36.4 Å². The third-order valence-corrected chi connectivity index (χ3v) is 4.35. The Kier molecular flexibility index (Phi) is 4.84. The molecule has 26 heavy (non-hydrogen) atoms. The molecule has 0 aliphatic rings. The van der Waals surface area contributed by atoms with Crippen molar-refractivity contribution in [2.24, 2.45) is 0 Å². The smallest absolute Gasteiger partial charge is 0.251 e. The van der Waals surface area contributed by atoms with Crippen LogP contribution in [0.5, 0.6) is 0 Å². The number of H-pyrrole nitrogens is 2. The van der Waals surface area contributed by atoms with Gasteiger partial charge in [-0.15, -0.1) is 0 Å². The second-order valence-electron chi connectivity index (χ2n) is 6.73. The Hall–Kier alpha value is -3.02. The zero-order chi connectivity index (χ0) is 18.8. The number of hydrogen-bond acceptors (Lipinski definition) is 4. The molecule has 2 aromatic heterocycles. The zero-order valence-electron chi connectivity index (χ0n) is 15.4. The number of rotatable bonds is 4. The number of aromatic nitrogens is 4. The van der Waals surface area contributed by atoms with E-state index in [1.54, 1.807) is 0 Å². The summed E-state index contributed by atoms with van der Waals surface area (Å²) < 4.78 is 0. The van der Waals surface area contributed by atoms with Crippen LogP contribution in [-0.4, -0.2) is 19.9 Å². The van der Waals surface area contributed by atoms with Crippen molar-refractivity contribution >= 4 is 0 Å². The molecule has 0 fully saturated rings. The number of benzene rings is 1. The van der Waals surface area contributed by atoms with Gasteiger partial charge < -0.3 is 9.97 Å². The highest BCUT2D eigenvalue weighted by Gasteiger charge is 2.09. The predicted molar refractivity (Wildman–Crippen MR) is 101 cm³/mol. The molecule has 134 valence electrons. The highest BCUT2D eigenvalue weighted by atomic mass is 16.1. The summed E-state index contributed by atoms with van der Waals surface area (Å²) in [5.74, 6) is 1.32. The van der Waals surface area contributed by atoms with E-state index in [0.29, 0.717) is 35.9 Å². The van der Waals surface area contributed by atoms with Gasteiger partial charge >= 0.3 is 0 Å². The molecule has 2 heterocycles. The second-order valence-corrected chi connectivity index (χ2v) is 6.73. The van der Waals surface area contributed by atoms with E-state index in [9.17, 15) is 9.59 Å². The lowest BCUT2D eigenvalue weighted by Crippen LogP contribution is -2.13. The molecule has 0 atom stereocenters. The molecule has 0 bridgehead atoms. The molecule has 6 nitrogen and oxygen atoms in total. The van der Waals surface area contributed by atoms with Gasteiger partial charge in [-0.05, 0) is 49.9 Å². The van der Waals surface area contributed by atoms with Crippen molar-refractivity contribution in [2.75, 3.05) is 0 Å². The van der Waals surface area contributed by atoms with Crippen LogP contribution in [0.25, 0.3) is 0 Å². The monoisotopic (exact) mass is 350 g/mol. The molecule has 0 unspecified atom stereocenters. The van der Waals surface area contributed by atoms with Crippen LogP contribution in [0.2, 0.25) is 0 Å². The first kappa shape index (κ1) is 17.8. The van der Waals surface area contributed by atoms with Crippen LogP contribution >= 0.6 is 0 Å². The number of aromatic amines is 2. The largest absolute Gasteiger partial charge is 0.310 e. The maximum absolute atomic E-state index is 11.6. The molecule has 0 aliphatic carbocycles. The molecule has 3 rings (SSSR count). The minimum absolute atomic E-state index is 0.132. The zero-order valence-corrected chi connectivity index (χ0v) is 15.4. The Bertz CT molecular complexity index is 993. The maximum atomic E-state index is 11.6. The molecule has 0 saturated heterocycles. The average molecular weight is 350 g/mol. The molecule has 0 spiro atoms. The number of nitrogens with one attached hydrogen (secondary N) is 2. The average Bonchev–Trinajstić information content (AvgIpc) is 2.50. The Morgan fingerprint density at radius 3 is 1.42 bits per heavy atom. The quantitative estimate of drug-likeness (QED) is 0.755. The molecular weight excluding hydrogens is 328 g/mol. The summed E-state index contributed by atoms with van der Waals surface area (Å²) in [6.45, 7) is 7.71. The van der Waals surface area contributed by atoms with Crippen LogP contribution < -0.4 is 11.1 Å². The fourth-order valence-corrected chi connectivity index (χ4v) is 3.13. The normalized spacial score (nSPS) is 10.9. The van der Waals surface area contributed by atoms with Crippen molar-refractivity contribution in [1.29, 1.82) is 0 Å². The van der Waals surface area contributed by atoms with E-state index < -0.39 is 0 Å². The van der Waals surface area contributed by atoms with Gasteiger partial charge in [-0.25, -0.2) is 9.97 Å². The summed E-state index contributed by atoms with van der Waals surface area (Å²) >= 11 is 0. The summed E-state index contributed by atoms with van der Waals surface area (Å²) in [4.78, 5) is 37.7. The molecule has 0 amide bonds. The Labute approximate surface area is 151 Å². The van der Waals surface area contributed by atoms with Gasteiger partial charge in [-0.1, -0.05) is 12.1 Å². The van der Waals surface area contributed by atoms with E-state index in [0.717, 1.165) is 22.3 Å². The van der Waals surface area contributed by atoms with E-state index in [4.69, 9.17) is 0 Å². The molecule has 3 aromatic rings. The number of nitrogens with zero attached hydrogens (tertiary/aromatic N) is 2. The Balaban J connectivity index is 1.90. The Morgan fingerprint density at radius 1 is 0.692 bits per heavy atom. The summed E-state index contributed by atoms with van der Waals surface area (Å²) in [6, 6.07) is 7.20. The van der Waals surface area contributed by atoms with Gasteiger partial charge in [0.2, 0.25) is 0 Å². The minimum Gasteiger partial charge on any atom is -0.310 e. The van der Waals surface area contributed by atoms with Crippen LogP contribution in [-0.2, 0) is 12.8 Å². The molecule has 1 aromatic carbocycles. The van der Waals surface area contributed by atoms with Crippen molar-refractivity contribution in [2.45, 2.75) is 40.5 Å². The van der Waals surface area contributed by atoms with Gasteiger partial charge in [0.25, 0.3) is 11.1 Å². The second kappa shape index (κ2) is 7.07.